The van der Waals surface area contributed by atoms with Gasteiger partial charge in [-0.2, -0.15) is 0 Å². The van der Waals surface area contributed by atoms with Crippen molar-refractivity contribution in [3.05, 3.63) is 28.8 Å². The Labute approximate surface area is 117 Å². The predicted molar refractivity (Wildman–Crippen MR) is 73.4 cm³/mol. The lowest BCUT2D eigenvalue weighted by molar-refractivity contribution is -0.127. The molecular weight excluding hydrogens is 266 g/mol. The molecule has 0 bridgehead atoms. The Hall–Kier alpha value is -1.26. The number of benzene rings is 1. The van der Waals surface area contributed by atoms with Crippen LogP contribution in [0.1, 0.15) is 37.9 Å². The van der Waals surface area contributed by atoms with Crippen molar-refractivity contribution in [2.45, 2.75) is 38.4 Å². The Morgan fingerprint density at radius 2 is 2.26 bits per heavy atom. The van der Waals surface area contributed by atoms with Gasteiger partial charge in [0.15, 0.2) is 6.10 Å². The van der Waals surface area contributed by atoms with Gasteiger partial charge in [-0.05, 0) is 43.9 Å². The third kappa shape index (κ3) is 3.61. The highest BCUT2D eigenvalue weighted by Crippen LogP contribution is 2.29. The van der Waals surface area contributed by atoms with Gasteiger partial charge >= 0.3 is 0 Å². The number of hydrogen-bond acceptors (Lipinski definition) is 3. The molecule has 1 aliphatic rings. The lowest BCUT2D eigenvalue weighted by Crippen LogP contribution is -2.36. The Kier molecular flexibility index (Phi) is 4.66. The Balaban J connectivity index is 2.11. The van der Waals surface area contributed by atoms with Crippen molar-refractivity contribution in [3.63, 3.8) is 0 Å². The molecule has 1 saturated heterocycles. The lowest BCUT2D eigenvalue weighted by Gasteiger charge is -2.17. The van der Waals surface area contributed by atoms with Crippen LogP contribution in [-0.2, 0) is 4.79 Å². The summed E-state index contributed by atoms with van der Waals surface area (Å²) >= 11 is 6.11. The average molecular weight is 284 g/mol. The van der Waals surface area contributed by atoms with E-state index in [0.29, 0.717) is 23.7 Å². The first-order valence-corrected chi connectivity index (χ1v) is 6.87. The van der Waals surface area contributed by atoms with Gasteiger partial charge in [-0.1, -0.05) is 17.7 Å². The molecule has 1 fully saturated rings. The van der Waals surface area contributed by atoms with E-state index in [9.17, 15) is 9.90 Å². The average Bonchev–Trinajstić information content (AvgIpc) is 2.57. The first-order valence-electron chi connectivity index (χ1n) is 6.50. The van der Waals surface area contributed by atoms with Crippen LogP contribution in [0.2, 0.25) is 5.02 Å². The molecule has 104 valence electrons. The second-order valence-electron chi connectivity index (χ2n) is 4.76. The molecule has 0 spiro atoms. The standard InChI is InChI=1S/C14H18ClNO3/c1-9(17)10-5-6-12(11(15)8-10)19-13-4-2-3-7-16-14(13)18/h5-6,8-9,13,17H,2-4,7H2,1H3,(H,16,18). The second kappa shape index (κ2) is 6.26. The molecule has 1 aliphatic heterocycles. The molecule has 5 heteroatoms. The molecule has 1 amide bonds. The predicted octanol–water partition coefficient (Wildman–Crippen LogP) is 2.44. The van der Waals surface area contributed by atoms with Crippen LogP contribution in [-0.4, -0.2) is 23.7 Å². The summed E-state index contributed by atoms with van der Waals surface area (Å²) in [7, 11) is 0. The van der Waals surface area contributed by atoms with Gasteiger partial charge in [-0.25, -0.2) is 0 Å². The first-order chi connectivity index (χ1) is 9.08. The normalized spacial score (nSPS) is 21.4. The molecule has 2 rings (SSSR count). The number of amides is 1. The van der Waals surface area contributed by atoms with E-state index in [1.807, 2.05) is 0 Å². The molecule has 2 N–H and O–H groups in total. The van der Waals surface area contributed by atoms with E-state index < -0.39 is 12.2 Å². The van der Waals surface area contributed by atoms with Crippen LogP contribution in [0.3, 0.4) is 0 Å². The van der Waals surface area contributed by atoms with Crippen molar-refractivity contribution in [1.29, 1.82) is 0 Å². The van der Waals surface area contributed by atoms with E-state index in [1.165, 1.54) is 0 Å². The highest BCUT2D eigenvalue weighted by Gasteiger charge is 2.23. The molecule has 1 aromatic carbocycles. The lowest BCUT2D eigenvalue weighted by atomic mass is 10.1. The summed E-state index contributed by atoms with van der Waals surface area (Å²) in [6, 6.07) is 5.11. The van der Waals surface area contributed by atoms with Crippen LogP contribution in [0.4, 0.5) is 0 Å². The topological polar surface area (TPSA) is 58.6 Å². The summed E-state index contributed by atoms with van der Waals surface area (Å²) in [5.74, 6) is 0.390. The molecule has 0 aromatic heterocycles. The van der Waals surface area contributed by atoms with Crippen molar-refractivity contribution in [1.82, 2.24) is 5.32 Å². The molecule has 1 aromatic rings. The zero-order chi connectivity index (χ0) is 13.8. The van der Waals surface area contributed by atoms with E-state index in [0.717, 1.165) is 18.4 Å². The van der Waals surface area contributed by atoms with E-state index >= 15 is 0 Å². The molecule has 0 aliphatic carbocycles. The number of rotatable bonds is 3. The molecule has 0 radical (unpaired) electrons. The largest absolute Gasteiger partial charge is 0.479 e. The second-order valence-corrected chi connectivity index (χ2v) is 5.17. The number of aliphatic hydroxyl groups is 1. The number of ether oxygens (including phenoxy) is 1. The fourth-order valence-electron chi connectivity index (χ4n) is 2.05. The van der Waals surface area contributed by atoms with Gasteiger partial charge in [0.25, 0.3) is 5.91 Å². The van der Waals surface area contributed by atoms with Crippen LogP contribution in [0.5, 0.6) is 5.75 Å². The number of hydrogen-bond donors (Lipinski definition) is 2. The van der Waals surface area contributed by atoms with Crippen molar-refractivity contribution in [2.24, 2.45) is 0 Å². The summed E-state index contributed by atoms with van der Waals surface area (Å²) in [6.45, 7) is 2.37. The monoisotopic (exact) mass is 283 g/mol. The summed E-state index contributed by atoms with van der Waals surface area (Å²) in [4.78, 5) is 11.8. The fraction of sp³-hybridized carbons (Fsp3) is 0.500. The van der Waals surface area contributed by atoms with Gasteiger partial charge in [0.1, 0.15) is 5.75 Å². The minimum Gasteiger partial charge on any atom is -0.479 e. The number of nitrogens with one attached hydrogen (secondary N) is 1. The molecule has 2 atom stereocenters. The molecule has 4 nitrogen and oxygen atoms in total. The summed E-state index contributed by atoms with van der Waals surface area (Å²) < 4.78 is 5.69. The van der Waals surface area contributed by atoms with Crippen molar-refractivity contribution in [3.8, 4) is 5.75 Å². The van der Waals surface area contributed by atoms with Gasteiger partial charge in [-0.3, -0.25) is 4.79 Å². The molecular formula is C14H18ClNO3. The maximum atomic E-state index is 11.8. The number of halogens is 1. The third-order valence-corrected chi connectivity index (χ3v) is 3.49. The number of carbonyl (C=O) groups is 1. The molecule has 19 heavy (non-hydrogen) atoms. The van der Waals surface area contributed by atoms with Gasteiger partial charge in [-0.15, -0.1) is 0 Å². The quantitative estimate of drug-likeness (QED) is 0.896. The van der Waals surface area contributed by atoms with Gasteiger partial charge in [0.2, 0.25) is 0 Å². The van der Waals surface area contributed by atoms with Crippen LogP contribution in [0.15, 0.2) is 18.2 Å². The third-order valence-electron chi connectivity index (χ3n) is 3.19. The highest BCUT2D eigenvalue weighted by molar-refractivity contribution is 6.32. The van der Waals surface area contributed by atoms with E-state index in [1.54, 1.807) is 25.1 Å². The van der Waals surface area contributed by atoms with Crippen LogP contribution >= 0.6 is 11.6 Å². The minimum absolute atomic E-state index is 0.0897. The highest BCUT2D eigenvalue weighted by atomic mass is 35.5. The van der Waals surface area contributed by atoms with Gasteiger partial charge in [0.05, 0.1) is 11.1 Å². The smallest absolute Gasteiger partial charge is 0.261 e. The van der Waals surface area contributed by atoms with Gasteiger partial charge in [0, 0.05) is 6.54 Å². The fourth-order valence-corrected chi connectivity index (χ4v) is 2.28. The molecule has 1 heterocycles. The minimum atomic E-state index is -0.576. The van der Waals surface area contributed by atoms with Crippen LogP contribution < -0.4 is 10.1 Å². The summed E-state index contributed by atoms with van der Waals surface area (Å²) in [5, 5.41) is 12.7. The van der Waals surface area contributed by atoms with Crippen molar-refractivity contribution < 1.29 is 14.6 Å². The maximum absolute atomic E-state index is 11.8. The van der Waals surface area contributed by atoms with E-state index in [2.05, 4.69) is 5.32 Å². The molecule has 0 saturated carbocycles. The zero-order valence-electron chi connectivity index (χ0n) is 10.9. The van der Waals surface area contributed by atoms with Crippen LogP contribution in [0.25, 0.3) is 0 Å². The van der Waals surface area contributed by atoms with Gasteiger partial charge < -0.3 is 15.2 Å². The summed E-state index contributed by atoms with van der Waals surface area (Å²) in [5.41, 5.74) is 0.725. The van der Waals surface area contributed by atoms with Crippen molar-refractivity contribution in [2.75, 3.05) is 6.54 Å². The SMILES string of the molecule is CC(O)c1ccc(OC2CCCCNC2=O)c(Cl)c1. The molecule has 2 unspecified atom stereocenters. The number of aliphatic hydroxyl groups excluding tert-OH is 1. The van der Waals surface area contributed by atoms with Crippen molar-refractivity contribution >= 4 is 17.5 Å². The van der Waals surface area contributed by atoms with E-state index in [4.69, 9.17) is 16.3 Å². The maximum Gasteiger partial charge on any atom is 0.261 e. The Morgan fingerprint density at radius 3 is 2.95 bits per heavy atom. The Morgan fingerprint density at radius 1 is 1.47 bits per heavy atom. The zero-order valence-corrected chi connectivity index (χ0v) is 11.6. The van der Waals surface area contributed by atoms with E-state index in [-0.39, 0.29) is 5.91 Å². The number of carbonyl (C=O) groups excluding carboxylic acids is 1. The first kappa shape index (κ1) is 14.2. The van der Waals surface area contributed by atoms with Crippen LogP contribution in [0, 0.1) is 0 Å². The summed E-state index contributed by atoms with van der Waals surface area (Å²) in [6.07, 6.45) is 1.55. The Bertz CT molecular complexity index is 462.